The molecule has 0 saturated carbocycles. The summed E-state index contributed by atoms with van der Waals surface area (Å²) in [7, 11) is 0. The summed E-state index contributed by atoms with van der Waals surface area (Å²) in [5.41, 5.74) is 4.16. The summed E-state index contributed by atoms with van der Waals surface area (Å²) < 4.78 is 65.1. The van der Waals surface area contributed by atoms with Gasteiger partial charge in [0, 0.05) is 5.75 Å². The fraction of sp³-hybridized carbons (Fsp3) is 0.125. The zero-order valence-electron chi connectivity index (χ0n) is 12.9. The summed E-state index contributed by atoms with van der Waals surface area (Å²) in [6.45, 7) is 0. The highest BCUT2D eigenvalue weighted by atomic mass is 35.5. The fourth-order valence-corrected chi connectivity index (χ4v) is 2.69. The maximum atomic E-state index is 13.8. The molecule has 138 valence electrons. The minimum absolute atomic E-state index is 0.0361. The molecule has 0 bridgehead atoms. The summed E-state index contributed by atoms with van der Waals surface area (Å²) in [5.74, 6) is -3.31. The lowest BCUT2D eigenvalue weighted by Gasteiger charge is -2.10. The Hall–Kier alpha value is -2.13. The van der Waals surface area contributed by atoms with Gasteiger partial charge in [-0.1, -0.05) is 53.7 Å². The Kier molecular flexibility index (Phi) is 6.60. The minimum atomic E-state index is -5.07. The molecule has 0 aliphatic heterocycles. The zero-order chi connectivity index (χ0) is 19.3. The van der Waals surface area contributed by atoms with Crippen molar-refractivity contribution in [3.8, 4) is 0 Å². The van der Waals surface area contributed by atoms with Gasteiger partial charge >= 0.3 is 6.18 Å². The summed E-state index contributed by atoms with van der Waals surface area (Å²) in [4.78, 5) is 0. The first-order chi connectivity index (χ1) is 12.2. The summed E-state index contributed by atoms with van der Waals surface area (Å²) in [5, 5.41) is 6.42. The molecule has 3 nitrogen and oxygen atoms in total. The molecule has 0 aliphatic rings. The van der Waals surface area contributed by atoms with Crippen LogP contribution in [0.5, 0.6) is 0 Å². The van der Waals surface area contributed by atoms with E-state index in [0.29, 0.717) is 18.0 Å². The number of amidine groups is 1. The highest BCUT2D eigenvalue weighted by molar-refractivity contribution is 8.13. The second-order valence-electron chi connectivity index (χ2n) is 4.90. The largest absolute Gasteiger partial charge is 0.419 e. The van der Waals surface area contributed by atoms with Crippen LogP contribution in [0, 0.1) is 11.6 Å². The third kappa shape index (κ3) is 5.18. The van der Waals surface area contributed by atoms with E-state index in [1.165, 1.54) is 0 Å². The van der Waals surface area contributed by atoms with E-state index in [1.807, 2.05) is 30.3 Å². The van der Waals surface area contributed by atoms with Crippen molar-refractivity contribution in [2.45, 2.75) is 11.9 Å². The van der Waals surface area contributed by atoms with Gasteiger partial charge in [0.1, 0.15) is 0 Å². The number of benzene rings is 2. The molecule has 0 saturated heterocycles. The number of nitrogens with zero attached hydrogens (tertiary/aromatic N) is 2. The van der Waals surface area contributed by atoms with Crippen molar-refractivity contribution >= 4 is 34.7 Å². The summed E-state index contributed by atoms with van der Waals surface area (Å²) in [6.07, 6.45) is -4.36. The van der Waals surface area contributed by atoms with Crippen molar-refractivity contribution in [1.82, 2.24) is 0 Å². The van der Waals surface area contributed by atoms with Crippen LogP contribution in [0.1, 0.15) is 16.7 Å². The van der Waals surface area contributed by atoms with Crippen LogP contribution >= 0.6 is 23.4 Å². The van der Waals surface area contributed by atoms with Crippen LogP contribution < -0.4 is 5.73 Å². The van der Waals surface area contributed by atoms with Crippen molar-refractivity contribution < 1.29 is 22.0 Å². The predicted molar refractivity (Wildman–Crippen MR) is 93.3 cm³/mol. The Morgan fingerprint density at radius 3 is 2.42 bits per heavy atom. The van der Waals surface area contributed by atoms with Crippen LogP contribution in [0.4, 0.5) is 22.0 Å². The number of rotatable bonds is 4. The van der Waals surface area contributed by atoms with E-state index in [9.17, 15) is 22.0 Å². The smallest absolute Gasteiger partial charge is 0.377 e. The number of hydrogen-bond donors (Lipinski definition) is 1. The Labute approximate surface area is 154 Å². The first-order valence-corrected chi connectivity index (χ1v) is 8.34. The van der Waals surface area contributed by atoms with Gasteiger partial charge in [0.25, 0.3) is 0 Å². The van der Waals surface area contributed by atoms with E-state index in [2.05, 4.69) is 10.2 Å². The lowest BCUT2D eigenvalue weighted by molar-refractivity contribution is -0.140. The van der Waals surface area contributed by atoms with Crippen LogP contribution in [0.15, 0.2) is 46.6 Å². The molecule has 0 amide bonds. The van der Waals surface area contributed by atoms with Gasteiger partial charge in [-0.25, -0.2) is 8.78 Å². The number of alkyl halides is 3. The lowest BCUT2D eigenvalue weighted by Crippen LogP contribution is -2.11. The monoisotopic (exact) mass is 407 g/mol. The van der Waals surface area contributed by atoms with Crippen molar-refractivity contribution in [2.24, 2.45) is 15.9 Å². The third-order valence-electron chi connectivity index (χ3n) is 3.07. The van der Waals surface area contributed by atoms with Crippen LogP contribution in [0.3, 0.4) is 0 Å². The molecule has 2 aromatic rings. The maximum absolute atomic E-state index is 13.8. The van der Waals surface area contributed by atoms with Crippen molar-refractivity contribution in [1.29, 1.82) is 0 Å². The molecule has 0 spiro atoms. The van der Waals surface area contributed by atoms with Gasteiger partial charge in [-0.05, 0) is 11.6 Å². The van der Waals surface area contributed by atoms with E-state index >= 15 is 0 Å². The zero-order valence-corrected chi connectivity index (χ0v) is 14.5. The molecular formula is C16H11ClF5N3S. The quantitative estimate of drug-likeness (QED) is 0.248. The first-order valence-electron chi connectivity index (χ1n) is 6.98. The average Bonchev–Trinajstić information content (AvgIpc) is 2.59. The van der Waals surface area contributed by atoms with Gasteiger partial charge in [-0.3, -0.25) is 0 Å². The van der Waals surface area contributed by atoms with Gasteiger partial charge in [0.05, 0.1) is 22.4 Å². The second kappa shape index (κ2) is 8.50. The van der Waals surface area contributed by atoms with E-state index < -0.39 is 34.0 Å². The second-order valence-corrected chi connectivity index (χ2v) is 6.31. The molecule has 2 rings (SSSR count). The molecule has 0 aromatic heterocycles. The fourth-order valence-electron chi connectivity index (χ4n) is 1.84. The molecule has 26 heavy (non-hydrogen) atoms. The summed E-state index contributed by atoms with van der Waals surface area (Å²) in [6, 6.07) is 9.61. The molecule has 0 aliphatic carbocycles. The van der Waals surface area contributed by atoms with Gasteiger partial charge in [0.15, 0.2) is 16.8 Å². The van der Waals surface area contributed by atoms with E-state index in [1.54, 1.807) is 0 Å². The van der Waals surface area contributed by atoms with Gasteiger partial charge in [-0.15, -0.1) is 5.10 Å². The highest BCUT2D eigenvalue weighted by Gasteiger charge is 2.37. The average molecular weight is 408 g/mol. The van der Waals surface area contributed by atoms with E-state index in [0.717, 1.165) is 17.3 Å². The van der Waals surface area contributed by atoms with Gasteiger partial charge in [0.2, 0.25) is 0 Å². The Morgan fingerprint density at radius 2 is 1.81 bits per heavy atom. The van der Waals surface area contributed by atoms with E-state index in [4.69, 9.17) is 17.3 Å². The summed E-state index contributed by atoms with van der Waals surface area (Å²) >= 11 is 6.73. The van der Waals surface area contributed by atoms with Gasteiger partial charge in [-0.2, -0.15) is 18.3 Å². The number of thioether (sulfide) groups is 1. The molecule has 0 heterocycles. The molecule has 10 heteroatoms. The Bertz CT molecular complexity index is 838. The van der Waals surface area contributed by atoms with Crippen LogP contribution in [0.25, 0.3) is 0 Å². The number of hydrogen-bond acceptors (Lipinski definition) is 3. The standard InChI is InChI=1S/C16H11ClF5N3S/c17-12-6-11(16(20,21)22)14(19)13(18)10(12)7-24-25-15(23)26-8-9-4-2-1-3-5-9/h1-7H,8H2,(H2,23,25). The predicted octanol–water partition coefficient (Wildman–Crippen LogP) is 5.22. The van der Waals surface area contributed by atoms with Crippen molar-refractivity contribution in [3.63, 3.8) is 0 Å². The Morgan fingerprint density at radius 1 is 1.15 bits per heavy atom. The van der Waals surface area contributed by atoms with Crippen molar-refractivity contribution in [3.05, 3.63) is 69.7 Å². The molecular weight excluding hydrogens is 397 g/mol. The SMILES string of the molecule is NC(=NN=Cc1c(Cl)cc(C(F)(F)F)c(F)c1F)SCc1ccccc1. The van der Waals surface area contributed by atoms with E-state index in [-0.39, 0.29) is 5.17 Å². The third-order valence-corrected chi connectivity index (χ3v) is 4.24. The lowest BCUT2D eigenvalue weighted by atomic mass is 10.1. The minimum Gasteiger partial charge on any atom is -0.377 e. The Balaban J connectivity index is 2.13. The van der Waals surface area contributed by atoms with Crippen LogP contribution in [0.2, 0.25) is 5.02 Å². The maximum Gasteiger partial charge on any atom is 0.419 e. The molecule has 0 unspecified atom stereocenters. The molecule has 2 aromatic carbocycles. The molecule has 0 fully saturated rings. The highest BCUT2D eigenvalue weighted by Crippen LogP contribution is 2.35. The van der Waals surface area contributed by atoms with Crippen LogP contribution in [-0.4, -0.2) is 11.4 Å². The number of nitrogens with two attached hydrogens (primary N) is 1. The molecule has 0 radical (unpaired) electrons. The molecule has 2 N–H and O–H groups in total. The van der Waals surface area contributed by atoms with Crippen LogP contribution in [-0.2, 0) is 11.9 Å². The topological polar surface area (TPSA) is 50.7 Å². The molecule has 0 atom stereocenters. The normalized spacial score (nSPS) is 12.8. The first kappa shape index (κ1) is 20.2. The van der Waals surface area contributed by atoms with Gasteiger partial charge < -0.3 is 5.73 Å². The number of halogens is 6. The van der Waals surface area contributed by atoms with Crippen molar-refractivity contribution in [2.75, 3.05) is 0 Å².